The third kappa shape index (κ3) is 2.41. The summed E-state index contributed by atoms with van der Waals surface area (Å²) in [5.74, 6) is 0.259. The van der Waals surface area contributed by atoms with Gasteiger partial charge in [-0.1, -0.05) is 0 Å². The Morgan fingerprint density at radius 1 is 1.38 bits per heavy atom. The first-order valence-electron chi connectivity index (χ1n) is 5.24. The van der Waals surface area contributed by atoms with Crippen molar-refractivity contribution in [1.82, 2.24) is 10.2 Å². The van der Waals surface area contributed by atoms with E-state index in [1.165, 1.54) is 0 Å². The maximum atomic E-state index is 9.18. The number of benzene rings is 1. The van der Waals surface area contributed by atoms with Crippen LogP contribution in [0.2, 0.25) is 0 Å². The van der Waals surface area contributed by atoms with E-state index in [4.69, 9.17) is 5.73 Å². The van der Waals surface area contributed by atoms with Crippen LogP contribution < -0.4 is 5.73 Å². The summed E-state index contributed by atoms with van der Waals surface area (Å²) < 4.78 is 0. The van der Waals surface area contributed by atoms with Crippen LogP contribution in [-0.2, 0) is 6.42 Å². The van der Waals surface area contributed by atoms with Crippen LogP contribution in [0.4, 0.5) is 0 Å². The number of rotatable bonds is 3. The SMILES string of the molecule is CC(N)Cc1cc(-c2ccc(O)cc2)n[nH]1. The molecule has 0 bridgehead atoms. The van der Waals surface area contributed by atoms with Crippen molar-refractivity contribution in [3.05, 3.63) is 36.0 Å². The third-order valence-corrected chi connectivity index (χ3v) is 2.34. The van der Waals surface area contributed by atoms with Crippen molar-refractivity contribution >= 4 is 0 Å². The van der Waals surface area contributed by atoms with Gasteiger partial charge < -0.3 is 10.8 Å². The number of phenols is 1. The molecule has 1 aromatic heterocycles. The number of aromatic amines is 1. The van der Waals surface area contributed by atoms with Gasteiger partial charge in [0.2, 0.25) is 0 Å². The molecule has 84 valence electrons. The van der Waals surface area contributed by atoms with Crippen LogP contribution >= 0.6 is 0 Å². The van der Waals surface area contributed by atoms with Crippen LogP contribution in [0, 0.1) is 0 Å². The van der Waals surface area contributed by atoms with Crippen LogP contribution in [0.15, 0.2) is 30.3 Å². The third-order valence-electron chi connectivity index (χ3n) is 2.34. The highest BCUT2D eigenvalue weighted by atomic mass is 16.3. The van der Waals surface area contributed by atoms with Gasteiger partial charge in [-0.15, -0.1) is 0 Å². The van der Waals surface area contributed by atoms with E-state index in [-0.39, 0.29) is 11.8 Å². The number of aromatic hydroxyl groups is 1. The van der Waals surface area contributed by atoms with Crippen LogP contribution in [0.5, 0.6) is 5.75 Å². The van der Waals surface area contributed by atoms with Crippen LogP contribution in [0.3, 0.4) is 0 Å². The van der Waals surface area contributed by atoms with Gasteiger partial charge in [-0.3, -0.25) is 5.10 Å². The molecule has 0 saturated heterocycles. The van der Waals surface area contributed by atoms with Crippen molar-refractivity contribution in [2.45, 2.75) is 19.4 Å². The quantitative estimate of drug-likeness (QED) is 0.732. The van der Waals surface area contributed by atoms with Gasteiger partial charge in [0, 0.05) is 23.7 Å². The average Bonchev–Trinajstić information content (AvgIpc) is 2.66. The Hall–Kier alpha value is -1.81. The van der Waals surface area contributed by atoms with Crippen molar-refractivity contribution < 1.29 is 5.11 Å². The van der Waals surface area contributed by atoms with Crippen molar-refractivity contribution in [1.29, 1.82) is 0 Å². The summed E-state index contributed by atoms with van der Waals surface area (Å²) in [6.07, 6.45) is 0.783. The number of hydrogen-bond acceptors (Lipinski definition) is 3. The van der Waals surface area contributed by atoms with E-state index in [0.717, 1.165) is 23.4 Å². The van der Waals surface area contributed by atoms with Gasteiger partial charge in [0.05, 0.1) is 5.69 Å². The van der Waals surface area contributed by atoms with Gasteiger partial charge >= 0.3 is 0 Å². The van der Waals surface area contributed by atoms with Crippen molar-refractivity contribution in [3.8, 4) is 17.0 Å². The fourth-order valence-electron chi connectivity index (χ4n) is 1.59. The smallest absolute Gasteiger partial charge is 0.115 e. The highest BCUT2D eigenvalue weighted by molar-refractivity contribution is 5.60. The fraction of sp³-hybridized carbons (Fsp3) is 0.250. The van der Waals surface area contributed by atoms with E-state index < -0.39 is 0 Å². The molecule has 0 spiro atoms. The molecule has 0 saturated carbocycles. The zero-order valence-electron chi connectivity index (χ0n) is 9.14. The van der Waals surface area contributed by atoms with E-state index in [1.54, 1.807) is 12.1 Å². The Balaban J connectivity index is 2.21. The molecule has 0 fully saturated rings. The van der Waals surface area contributed by atoms with E-state index in [2.05, 4.69) is 10.2 Å². The summed E-state index contributed by atoms with van der Waals surface area (Å²) in [5.41, 5.74) is 8.59. The number of H-pyrrole nitrogens is 1. The molecule has 2 rings (SSSR count). The summed E-state index contributed by atoms with van der Waals surface area (Å²) in [5, 5.41) is 16.3. The second kappa shape index (κ2) is 4.37. The minimum atomic E-state index is 0.119. The lowest BCUT2D eigenvalue weighted by Gasteiger charge is -1.99. The standard InChI is InChI=1S/C12H15N3O/c1-8(13)6-10-7-12(15-14-10)9-2-4-11(16)5-3-9/h2-5,7-8,16H,6,13H2,1H3,(H,14,15). The van der Waals surface area contributed by atoms with Crippen molar-refractivity contribution in [3.63, 3.8) is 0 Å². The Morgan fingerprint density at radius 2 is 2.06 bits per heavy atom. The van der Waals surface area contributed by atoms with E-state index >= 15 is 0 Å². The second-order valence-electron chi connectivity index (χ2n) is 4.01. The second-order valence-corrected chi connectivity index (χ2v) is 4.01. The lowest BCUT2D eigenvalue weighted by Crippen LogP contribution is -2.17. The van der Waals surface area contributed by atoms with Gasteiger partial charge in [-0.2, -0.15) is 5.10 Å². The molecule has 2 aromatic rings. The van der Waals surface area contributed by atoms with Gasteiger partial charge in [0.15, 0.2) is 0 Å². The Kier molecular flexibility index (Phi) is 2.92. The lowest BCUT2D eigenvalue weighted by molar-refractivity contribution is 0.475. The Labute approximate surface area is 94.1 Å². The predicted octanol–water partition coefficient (Wildman–Crippen LogP) is 1.67. The first-order chi connectivity index (χ1) is 7.65. The molecule has 0 radical (unpaired) electrons. The predicted molar refractivity (Wildman–Crippen MR) is 63.0 cm³/mol. The largest absolute Gasteiger partial charge is 0.508 e. The van der Waals surface area contributed by atoms with E-state index in [0.29, 0.717) is 0 Å². The molecule has 4 N–H and O–H groups in total. The van der Waals surface area contributed by atoms with Crippen molar-refractivity contribution in [2.75, 3.05) is 0 Å². The zero-order chi connectivity index (χ0) is 11.5. The number of nitrogens with zero attached hydrogens (tertiary/aromatic N) is 1. The van der Waals surface area contributed by atoms with E-state index in [1.807, 2.05) is 25.1 Å². The number of phenolic OH excluding ortho intramolecular Hbond substituents is 1. The van der Waals surface area contributed by atoms with Crippen LogP contribution in [-0.4, -0.2) is 21.3 Å². The fourth-order valence-corrected chi connectivity index (χ4v) is 1.59. The Bertz CT molecular complexity index is 459. The van der Waals surface area contributed by atoms with Crippen molar-refractivity contribution in [2.24, 2.45) is 5.73 Å². The maximum Gasteiger partial charge on any atom is 0.115 e. The summed E-state index contributed by atoms with van der Waals surface area (Å²) in [6.45, 7) is 1.96. The molecule has 4 nitrogen and oxygen atoms in total. The molecule has 1 atom stereocenters. The summed E-state index contributed by atoms with van der Waals surface area (Å²) in [6, 6.07) is 9.07. The average molecular weight is 217 g/mol. The molecule has 1 heterocycles. The number of nitrogens with one attached hydrogen (secondary N) is 1. The molecule has 16 heavy (non-hydrogen) atoms. The summed E-state index contributed by atoms with van der Waals surface area (Å²) in [4.78, 5) is 0. The minimum absolute atomic E-state index is 0.119. The minimum Gasteiger partial charge on any atom is -0.508 e. The number of hydrogen-bond donors (Lipinski definition) is 3. The molecule has 1 aromatic carbocycles. The first kappa shape index (κ1) is 10.7. The highest BCUT2D eigenvalue weighted by Crippen LogP contribution is 2.20. The van der Waals surface area contributed by atoms with Gasteiger partial charge in [0.25, 0.3) is 0 Å². The Morgan fingerprint density at radius 3 is 2.69 bits per heavy atom. The maximum absolute atomic E-state index is 9.18. The lowest BCUT2D eigenvalue weighted by atomic mass is 10.1. The topological polar surface area (TPSA) is 74.9 Å². The molecule has 0 aliphatic rings. The monoisotopic (exact) mass is 217 g/mol. The van der Waals surface area contributed by atoms with E-state index in [9.17, 15) is 5.11 Å². The molecule has 1 unspecified atom stereocenters. The van der Waals surface area contributed by atoms with Gasteiger partial charge in [-0.05, 0) is 37.3 Å². The number of aromatic nitrogens is 2. The van der Waals surface area contributed by atoms with Gasteiger partial charge in [0.1, 0.15) is 5.75 Å². The highest BCUT2D eigenvalue weighted by Gasteiger charge is 2.05. The summed E-state index contributed by atoms with van der Waals surface area (Å²) >= 11 is 0. The molecule has 0 aliphatic heterocycles. The normalized spacial score (nSPS) is 12.6. The zero-order valence-corrected chi connectivity index (χ0v) is 9.14. The first-order valence-corrected chi connectivity index (χ1v) is 5.24. The molecular formula is C12H15N3O. The van der Waals surface area contributed by atoms with Crippen LogP contribution in [0.1, 0.15) is 12.6 Å². The number of nitrogens with two attached hydrogens (primary N) is 1. The molecular weight excluding hydrogens is 202 g/mol. The molecule has 0 amide bonds. The summed E-state index contributed by atoms with van der Waals surface area (Å²) in [7, 11) is 0. The van der Waals surface area contributed by atoms with Gasteiger partial charge in [-0.25, -0.2) is 0 Å². The molecule has 0 aliphatic carbocycles. The molecule has 4 heteroatoms. The van der Waals surface area contributed by atoms with Crippen LogP contribution in [0.25, 0.3) is 11.3 Å².